The van der Waals surface area contributed by atoms with Crippen LogP contribution in [0.4, 0.5) is 24.8 Å². The van der Waals surface area contributed by atoms with Crippen LogP contribution < -0.4 is 10.6 Å². The highest BCUT2D eigenvalue weighted by molar-refractivity contribution is 5.57. The Morgan fingerprint density at radius 3 is 2.14 bits per heavy atom. The molecule has 0 aromatic carbocycles. The minimum absolute atomic E-state index is 0.0385. The minimum Gasteiger partial charge on any atom is -0.370 e. The number of nitrogens with zero attached hydrogens (tertiary/aromatic N) is 2. The van der Waals surface area contributed by atoms with Crippen LogP contribution in [0.3, 0.4) is 0 Å². The van der Waals surface area contributed by atoms with Crippen LogP contribution in [0.15, 0.2) is 6.33 Å². The topological polar surface area (TPSA) is 49.8 Å². The molecule has 1 aromatic rings. The lowest BCUT2D eigenvalue weighted by Crippen LogP contribution is -2.14. The van der Waals surface area contributed by atoms with E-state index in [4.69, 9.17) is 0 Å². The van der Waals surface area contributed by atoms with Gasteiger partial charge in [0.05, 0.1) is 0 Å². The number of aromatic nitrogens is 2. The molecule has 0 aliphatic carbocycles. The van der Waals surface area contributed by atoms with Gasteiger partial charge >= 0.3 is 6.18 Å². The monoisotopic (exact) mass is 304 g/mol. The average Bonchev–Trinajstić information content (AvgIpc) is 2.42. The number of halogens is 3. The van der Waals surface area contributed by atoms with E-state index in [1.165, 1.54) is 6.33 Å². The van der Waals surface area contributed by atoms with E-state index in [0.717, 1.165) is 37.2 Å². The fourth-order valence-corrected chi connectivity index (χ4v) is 1.94. The van der Waals surface area contributed by atoms with Gasteiger partial charge in [-0.25, -0.2) is 9.97 Å². The van der Waals surface area contributed by atoms with Gasteiger partial charge in [0, 0.05) is 25.1 Å². The molecule has 21 heavy (non-hydrogen) atoms. The zero-order valence-electron chi connectivity index (χ0n) is 12.6. The molecule has 2 N–H and O–H groups in total. The second kappa shape index (κ2) is 8.69. The molecule has 1 rings (SSSR count). The lowest BCUT2D eigenvalue weighted by molar-refractivity contribution is -0.134. The number of hydrogen-bond acceptors (Lipinski definition) is 4. The Morgan fingerprint density at radius 2 is 1.62 bits per heavy atom. The van der Waals surface area contributed by atoms with E-state index in [0.29, 0.717) is 5.82 Å². The highest BCUT2D eigenvalue weighted by Gasteiger charge is 2.25. The molecule has 0 unspecified atom stereocenters. The van der Waals surface area contributed by atoms with Crippen LogP contribution in [-0.4, -0.2) is 29.2 Å². The first-order valence-electron chi connectivity index (χ1n) is 7.36. The standard InChI is InChI=1S/C14H23F3N4/c1-3-6-11-12(18-8-4-2)20-10-21-13(11)19-9-5-7-14(15,16)17/h10H,3-9H2,1-2H3,(H2,18,19,20,21). The van der Waals surface area contributed by atoms with Crippen LogP contribution in [0.2, 0.25) is 0 Å². The van der Waals surface area contributed by atoms with Crippen molar-refractivity contribution >= 4 is 11.6 Å². The number of anilines is 2. The zero-order valence-corrected chi connectivity index (χ0v) is 12.6. The van der Waals surface area contributed by atoms with E-state index in [2.05, 4.69) is 27.5 Å². The van der Waals surface area contributed by atoms with E-state index >= 15 is 0 Å². The fourth-order valence-electron chi connectivity index (χ4n) is 1.94. The third-order valence-corrected chi connectivity index (χ3v) is 2.92. The second-order valence-electron chi connectivity index (χ2n) is 4.87. The summed E-state index contributed by atoms with van der Waals surface area (Å²) in [6.07, 6.45) is -0.730. The molecule has 0 radical (unpaired) electrons. The minimum atomic E-state index is -4.10. The van der Waals surface area contributed by atoms with Crippen LogP contribution in [0.1, 0.15) is 45.1 Å². The Morgan fingerprint density at radius 1 is 1.00 bits per heavy atom. The molecule has 1 heterocycles. The molecule has 120 valence electrons. The summed E-state index contributed by atoms with van der Waals surface area (Å²) >= 11 is 0. The summed E-state index contributed by atoms with van der Waals surface area (Å²) in [6.45, 7) is 5.16. The molecule has 0 spiro atoms. The summed E-state index contributed by atoms with van der Waals surface area (Å²) in [5.74, 6) is 1.40. The lowest BCUT2D eigenvalue weighted by Gasteiger charge is -2.15. The molecule has 0 aliphatic heterocycles. The van der Waals surface area contributed by atoms with Crippen LogP contribution in [0, 0.1) is 0 Å². The molecule has 1 aromatic heterocycles. The van der Waals surface area contributed by atoms with E-state index in [-0.39, 0.29) is 13.0 Å². The summed E-state index contributed by atoms with van der Waals surface area (Å²) in [7, 11) is 0. The highest BCUT2D eigenvalue weighted by Crippen LogP contribution is 2.23. The van der Waals surface area contributed by atoms with Gasteiger partial charge in [0.15, 0.2) is 0 Å². The molecule has 0 aliphatic rings. The number of nitrogens with one attached hydrogen (secondary N) is 2. The van der Waals surface area contributed by atoms with E-state index in [1.807, 2.05) is 6.92 Å². The van der Waals surface area contributed by atoms with Crippen molar-refractivity contribution in [2.75, 3.05) is 23.7 Å². The van der Waals surface area contributed by atoms with Crippen molar-refractivity contribution in [3.8, 4) is 0 Å². The summed E-state index contributed by atoms with van der Waals surface area (Å²) in [5, 5.41) is 6.23. The maximum atomic E-state index is 12.1. The molecule has 0 saturated carbocycles. The van der Waals surface area contributed by atoms with E-state index < -0.39 is 12.6 Å². The van der Waals surface area contributed by atoms with Crippen molar-refractivity contribution in [2.24, 2.45) is 0 Å². The molecule has 0 atom stereocenters. The largest absolute Gasteiger partial charge is 0.389 e. The van der Waals surface area contributed by atoms with Crippen molar-refractivity contribution in [3.05, 3.63) is 11.9 Å². The van der Waals surface area contributed by atoms with Crippen LogP contribution in [0.5, 0.6) is 0 Å². The Balaban J connectivity index is 2.66. The van der Waals surface area contributed by atoms with Gasteiger partial charge in [0.2, 0.25) is 0 Å². The van der Waals surface area contributed by atoms with Crippen molar-refractivity contribution < 1.29 is 13.2 Å². The molecule has 0 fully saturated rings. The third kappa shape index (κ3) is 6.64. The Kier molecular flexibility index (Phi) is 7.25. The molecular formula is C14H23F3N4. The van der Waals surface area contributed by atoms with Gasteiger partial charge in [0.1, 0.15) is 18.0 Å². The van der Waals surface area contributed by atoms with Crippen LogP contribution >= 0.6 is 0 Å². The highest BCUT2D eigenvalue weighted by atomic mass is 19.4. The number of alkyl halides is 3. The normalized spacial score (nSPS) is 11.5. The summed E-state index contributed by atoms with van der Waals surface area (Å²) in [4.78, 5) is 8.38. The van der Waals surface area contributed by atoms with Crippen molar-refractivity contribution in [2.45, 2.75) is 52.1 Å². The Bertz CT molecular complexity index is 421. The quantitative estimate of drug-likeness (QED) is 0.677. The van der Waals surface area contributed by atoms with Crippen molar-refractivity contribution in [1.29, 1.82) is 0 Å². The second-order valence-corrected chi connectivity index (χ2v) is 4.87. The fraction of sp³-hybridized carbons (Fsp3) is 0.714. The number of rotatable bonds is 9. The van der Waals surface area contributed by atoms with Crippen molar-refractivity contribution in [3.63, 3.8) is 0 Å². The molecule has 0 saturated heterocycles. The first-order chi connectivity index (χ1) is 9.98. The Hall–Kier alpha value is -1.53. The first kappa shape index (κ1) is 17.5. The van der Waals surface area contributed by atoms with Crippen LogP contribution in [0.25, 0.3) is 0 Å². The predicted octanol–water partition coefficient (Wildman–Crippen LogP) is 4.01. The molecule has 4 nitrogen and oxygen atoms in total. The lowest BCUT2D eigenvalue weighted by atomic mass is 10.1. The summed E-state index contributed by atoms with van der Waals surface area (Å²) < 4.78 is 36.4. The Labute approximate surface area is 123 Å². The van der Waals surface area contributed by atoms with Gasteiger partial charge in [0.25, 0.3) is 0 Å². The molecule has 0 amide bonds. The first-order valence-corrected chi connectivity index (χ1v) is 7.36. The summed E-state index contributed by atoms with van der Waals surface area (Å²) in [6, 6.07) is 0. The molecule has 7 heteroatoms. The van der Waals surface area contributed by atoms with Gasteiger partial charge in [-0.2, -0.15) is 13.2 Å². The van der Waals surface area contributed by atoms with E-state index in [9.17, 15) is 13.2 Å². The van der Waals surface area contributed by atoms with Gasteiger partial charge < -0.3 is 10.6 Å². The van der Waals surface area contributed by atoms with E-state index in [1.54, 1.807) is 0 Å². The maximum absolute atomic E-state index is 12.1. The smallest absolute Gasteiger partial charge is 0.370 e. The predicted molar refractivity (Wildman–Crippen MR) is 78.6 cm³/mol. The average molecular weight is 304 g/mol. The maximum Gasteiger partial charge on any atom is 0.389 e. The summed E-state index contributed by atoms with van der Waals surface area (Å²) in [5.41, 5.74) is 0.945. The SMILES string of the molecule is CCCNc1ncnc(NCCCC(F)(F)F)c1CCC. The van der Waals surface area contributed by atoms with Gasteiger partial charge in [-0.1, -0.05) is 20.3 Å². The van der Waals surface area contributed by atoms with Gasteiger partial charge in [-0.3, -0.25) is 0 Å². The molecular weight excluding hydrogens is 281 g/mol. The van der Waals surface area contributed by atoms with Crippen LogP contribution in [-0.2, 0) is 6.42 Å². The zero-order chi connectivity index (χ0) is 15.7. The third-order valence-electron chi connectivity index (χ3n) is 2.92. The van der Waals surface area contributed by atoms with Gasteiger partial charge in [-0.05, 0) is 19.3 Å². The van der Waals surface area contributed by atoms with Gasteiger partial charge in [-0.15, -0.1) is 0 Å². The number of hydrogen-bond donors (Lipinski definition) is 2. The molecule has 0 bridgehead atoms. The van der Waals surface area contributed by atoms with Crippen molar-refractivity contribution in [1.82, 2.24) is 9.97 Å².